The number of halogens is 3. The summed E-state index contributed by atoms with van der Waals surface area (Å²) >= 11 is 0. The van der Waals surface area contributed by atoms with E-state index in [9.17, 15) is 18.0 Å². The molecule has 88 valence electrons. The Bertz CT molecular complexity index is 405. The molecule has 0 aliphatic carbocycles. The molecule has 1 aromatic carbocycles. The van der Waals surface area contributed by atoms with Crippen LogP contribution < -0.4 is 0 Å². The Kier molecular flexibility index (Phi) is 3.41. The van der Waals surface area contributed by atoms with E-state index in [1.807, 2.05) is 0 Å². The smallest absolute Gasteiger partial charge is 0.295 e. The number of hydrogen-bond acceptors (Lipinski definition) is 1. The fraction of sp³-hybridized carbons (Fsp3) is 0.417. The van der Waals surface area contributed by atoms with E-state index in [-0.39, 0.29) is 22.8 Å². The van der Waals surface area contributed by atoms with Gasteiger partial charge in [-0.1, -0.05) is 26.0 Å². The second kappa shape index (κ2) is 4.28. The highest BCUT2D eigenvalue weighted by atomic mass is 19.4. The van der Waals surface area contributed by atoms with Gasteiger partial charge in [0, 0.05) is 5.56 Å². The second-order valence-electron chi connectivity index (χ2n) is 4.01. The van der Waals surface area contributed by atoms with E-state index < -0.39 is 11.7 Å². The molecule has 0 aliphatic rings. The molecule has 0 atom stereocenters. The van der Waals surface area contributed by atoms with Gasteiger partial charge in [0.2, 0.25) is 0 Å². The average Bonchev–Trinajstić information content (AvgIpc) is 2.15. The molecule has 0 bridgehead atoms. The van der Waals surface area contributed by atoms with Gasteiger partial charge in [-0.3, -0.25) is 4.79 Å². The third kappa shape index (κ3) is 2.62. The molecule has 0 saturated heterocycles. The summed E-state index contributed by atoms with van der Waals surface area (Å²) < 4.78 is 38.2. The van der Waals surface area contributed by atoms with E-state index in [1.165, 1.54) is 19.1 Å². The molecule has 0 N–H and O–H groups in total. The van der Waals surface area contributed by atoms with Gasteiger partial charge >= 0.3 is 6.18 Å². The number of carbonyl (C=O) groups is 1. The van der Waals surface area contributed by atoms with Gasteiger partial charge < -0.3 is 0 Å². The van der Waals surface area contributed by atoms with Crippen LogP contribution in [0.15, 0.2) is 18.2 Å². The van der Waals surface area contributed by atoms with E-state index in [0.29, 0.717) is 0 Å². The summed E-state index contributed by atoms with van der Waals surface area (Å²) in [6, 6.07) is 3.74. The van der Waals surface area contributed by atoms with Gasteiger partial charge in [0.05, 0.1) is 5.56 Å². The molecule has 0 heterocycles. The van der Waals surface area contributed by atoms with Crippen molar-refractivity contribution in [3.05, 3.63) is 34.9 Å². The number of benzene rings is 1. The van der Waals surface area contributed by atoms with Gasteiger partial charge in [-0.05, 0) is 24.5 Å². The minimum Gasteiger partial charge on any atom is -0.295 e. The topological polar surface area (TPSA) is 17.1 Å². The zero-order valence-electron chi connectivity index (χ0n) is 9.35. The van der Waals surface area contributed by atoms with Crippen molar-refractivity contribution in [3.8, 4) is 0 Å². The molecule has 0 aromatic heterocycles. The van der Waals surface area contributed by atoms with E-state index in [1.54, 1.807) is 13.8 Å². The summed E-state index contributed by atoms with van der Waals surface area (Å²) in [5, 5.41) is 0. The van der Waals surface area contributed by atoms with E-state index >= 15 is 0 Å². The number of alkyl halides is 3. The maximum Gasteiger partial charge on any atom is 0.416 e. The van der Waals surface area contributed by atoms with Gasteiger partial charge in [0.1, 0.15) is 0 Å². The van der Waals surface area contributed by atoms with Gasteiger partial charge in [-0.2, -0.15) is 13.2 Å². The highest BCUT2D eigenvalue weighted by molar-refractivity contribution is 5.94. The Balaban J connectivity index is 3.39. The maximum absolute atomic E-state index is 12.7. The highest BCUT2D eigenvalue weighted by Gasteiger charge is 2.34. The van der Waals surface area contributed by atoms with Crippen LogP contribution in [0.5, 0.6) is 0 Å². The van der Waals surface area contributed by atoms with Gasteiger partial charge in [0.25, 0.3) is 0 Å². The fourth-order valence-electron chi connectivity index (χ4n) is 1.52. The van der Waals surface area contributed by atoms with Crippen LogP contribution in [0, 0.1) is 0 Å². The van der Waals surface area contributed by atoms with Crippen molar-refractivity contribution >= 4 is 5.78 Å². The lowest BCUT2D eigenvalue weighted by molar-refractivity contribution is -0.138. The van der Waals surface area contributed by atoms with Crippen LogP contribution >= 0.6 is 0 Å². The highest BCUT2D eigenvalue weighted by Crippen LogP contribution is 2.35. The predicted octanol–water partition coefficient (Wildman–Crippen LogP) is 4.03. The molecular formula is C12H13F3O. The molecule has 0 aliphatic heterocycles. The minimum absolute atomic E-state index is 0.0942. The van der Waals surface area contributed by atoms with Gasteiger partial charge in [-0.25, -0.2) is 0 Å². The Morgan fingerprint density at radius 1 is 1.25 bits per heavy atom. The Labute approximate surface area is 92.3 Å². The molecule has 1 aromatic rings. The first-order chi connectivity index (χ1) is 7.23. The van der Waals surface area contributed by atoms with Gasteiger partial charge in [0.15, 0.2) is 5.78 Å². The molecule has 1 nitrogen and oxygen atoms in total. The predicted molar refractivity (Wildman–Crippen MR) is 55.5 cm³/mol. The largest absolute Gasteiger partial charge is 0.416 e. The lowest BCUT2D eigenvalue weighted by Crippen LogP contribution is -2.11. The van der Waals surface area contributed by atoms with Crippen molar-refractivity contribution in [3.63, 3.8) is 0 Å². The monoisotopic (exact) mass is 230 g/mol. The second-order valence-corrected chi connectivity index (χ2v) is 4.01. The van der Waals surface area contributed by atoms with Crippen LogP contribution in [0.2, 0.25) is 0 Å². The Morgan fingerprint density at radius 3 is 2.19 bits per heavy atom. The van der Waals surface area contributed by atoms with Crippen molar-refractivity contribution in [1.82, 2.24) is 0 Å². The third-order valence-electron chi connectivity index (χ3n) is 2.39. The molecule has 0 fully saturated rings. The minimum atomic E-state index is -4.41. The standard InChI is InChI=1S/C12H13F3O/c1-7(2)10-5-4-9(8(3)16)6-11(10)12(13,14)15/h4-7H,1-3H3. The van der Waals surface area contributed by atoms with Crippen LogP contribution in [0.4, 0.5) is 13.2 Å². The Morgan fingerprint density at radius 2 is 1.81 bits per heavy atom. The summed E-state index contributed by atoms with van der Waals surface area (Å²) in [5.74, 6) is -0.585. The summed E-state index contributed by atoms with van der Waals surface area (Å²) in [7, 11) is 0. The van der Waals surface area contributed by atoms with Crippen LogP contribution in [-0.2, 0) is 6.18 Å². The molecule has 0 amide bonds. The van der Waals surface area contributed by atoms with Crippen molar-refractivity contribution in [2.45, 2.75) is 32.9 Å². The van der Waals surface area contributed by atoms with Crippen molar-refractivity contribution < 1.29 is 18.0 Å². The number of Topliss-reactive ketones (excluding diaryl/α,β-unsaturated/α-hetero) is 1. The lowest BCUT2D eigenvalue weighted by atomic mass is 9.94. The maximum atomic E-state index is 12.7. The molecule has 0 radical (unpaired) electrons. The molecule has 16 heavy (non-hydrogen) atoms. The SMILES string of the molecule is CC(=O)c1ccc(C(C)C)c(C(F)(F)F)c1. The van der Waals surface area contributed by atoms with Gasteiger partial charge in [-0.15, -0.1) is 0 Å². The van der Waals surface area contributed by atoms with Crippen LogP contribution in [0.3, 0.4) is 0 Å². The molecule has 1 rings (SSSR count). The van der Waals surface area contributed by atoms with Crippen molar-refractivity contribution in [2.75, 3.05) is 0 Å². The van der Waals surface area contributed by atoms with Crippen LogP contribution in [-0.4, -0.2) is 5.78 Å². The fourth-order valence-corrected chi connectivity index (χ4v) is 1.52. The van der Waals surface area contributed by atoms with E-state index in [2.05, 4.69) is 0 Å². The molecule has 0 spiro atoms. The molecular weight excluding hydrogens is 217 g/mol. The number of hydrogen-bond donors (Lipinski definition) is 0. The van der Waals surface area contributed by atoms with Crippen molar-refractivity contribution in [2.24, 2.45) is 0 Å². The summed E-state index contributed by atoms with van der Waals surface area (Å²) in [4.78, 5) is 11.0. The van der Waals surface area contributed by atoms with Crippen LogP contribution in [0.1, 0.15) is 48.2 Å². The average molecular weight is 230 g/mol. The quantitative estimate of drug-likeness (QED) is 0.701. The Hall–Kier alpha value is -1.32. The summed E-state index contributed by atoms with van der Waals surface area (Å²) in [6.07, 6.45) is -4.41. The number of rotatable bonds is 2. The first-order valence-corrected chi connectivity index (χ1v) is 4.95. The van der Waals surface area contributed by atoms with Crippen molar-refractivity contribution in [1.29, 1.82) is 0 Å². The van der Waals surface area contributed by atoms with E-state index in [0.717, 1.165) is 6.07 Å². The van der Waals surface area contributed by atoms with Crippen LogP contribution in [0.25, 0.3) is 0 Å². The summed E-state index contributed by atoms with van der Waals surface area (Å²) in [6.45, 7) is 4.64. The zero-order valence-corrected chi connectivity index (χ0v) is 9.35. The number of ketones is 1. The first kappa shape index (κ1) is 12.7. The molecule has 4 heteroatoms. The third-order valence-corrected chi connectivity index (χ3v) is 2.39. The van der Waals surface area contributed by atoms with E-state index in [4.69, 9.17) is 0 Å². The molecule has 0 unspecified atom stereocenters. The zero-order chi connectivity index (χ0) is 12.5. The number of carbonyl (C=O) groups excluding carboxylic acids is 1. The summed E-state index contributed by atoms with van der Waals surface area (Å²) in [5.41, 5.74) is -0.399. The normalized spacial score (nSPS) is 11.9. The first-order valence-electron chi connectivity index (χ1n) is 4.95. The lowest BCUT2D eigenvalue weighted by Gasteiger charge is -2.16. The molecule has 0 saturated carbocycles.